The summed E-state index contributed by atoms with van der Waals surface area (Å²) in [5, 5.41) is 1.20. The maximum atomic E-state index is 12.6. The minimum absolute atomic E-state index is 0.0337. The first-order chi connectivity index (χ1) is 14.0. The Balaban J connectivity index is 1.39. The first-order valence-electron chi connectivity index (χ1n) is 10.1. The smallest absolute Gasteiger partial charge is 0.260 e. The molecule has 0 spiro atoms. The lowest BCUT2D eigenvalue weighted by Crippen LogP contribution is -2.50. The number of rotatable bonds is 4. The van der Waals surface area contributed by atoms with Gasteiger partial charge in [0, 0.05) is 31.6 Å². The highest BCUT2D eigenvalue weighted by Gasteiger charge is 2.23. The molecule has 1 aliphatic rings. The molecule has 0 N–H and O–H groups in total. The standard InChI is InChI=1S/C24H27N3O2/c1-17-7-4-5-10-21(17)29-16-23(28)27-13-11-26(12-14-27)22-15-19(3)20-9-6-8-18(2)24(20)25-22/h4-10,15H,11-14,16H2,1-3H3. The van der Waals surface area contributed by atoms with Gasteiger partial charge in [-0.05, 0) is 49.6 Å². The summed E-state index contributed by atoms with van der Waals surface area (Å²) in [6.45, 7) is 9.22. The maximum absolute atomic E-state index is 12.6. The summed E-state index contributed by atoms with van der Waals surface area (Å²) in [6, 6.07) is 16.2. The number of anilines is 1. The molecule has 1 fully saturated rings. The Morgan fingerprint density at radius 3 is 2.41 bits per heavy atom. The van der Waals surface area contributed by atoms with E-state index in [1.54, 1.807) is 0 Å². The second-order valence-electron chi connectivity index (χ2n) is 7.69. The number of hydrogen-bond donors (Lipinski definition) is 0. The van der Waals surface area contributed by atoms with Crippen molar-refractivity contribution in [2.45, 2.75) is 20.8 Å². The number of hydrogen-bond acceptors (Lipinski definition) is 4. The molecule has 1 saturated heterocycles. The fourth-order valence-electron chi connectivity index (χ4n) is 3.84. The van der Waals surface area contributed by atoms with Gasteiger partial charge in [-0.1, -0.05) is 36.4 Å². The van der Waals surface area contributed by atoms with Crippen molar-refractivity contribution in [1.82, 2.24) is 9.88 Å². The molecule has 0 aliphatic carbocycles. The lowest BCUT2D eigenvalue weighted by molar-refractivity contribution is -0.133. The van der Waals surface area contributed by atoms with Crippen LogP contribution >= 0.6 is 0 Å². The lowest BCUT2D eigenvalue weighted by atomic mass is 10.1. The number of ether oxygens (including phenoxy) is 1. The van der Waals surface area contributed by atoms with Gasteiger partial charge in [-0.2, -0.15) is 0 Å². The summed E-state index contributed by atoms with van der Waals surface area (Å²) in [7, 11) is 0. The van der Waals surface area contributed by atoms with Crippen molar-refractivity contribution >= 4 is 22.6 Å². The average molecular weight is 389 g/mol. The van der Waals surface area contributed by atoms with E-state index in [2.05, 4.69) is 43.0 Å². The van der Waals surface area contributed by atoms with Crippen molar-refractivity contribution < 1.29 is 9.53 Å². The fourth-order valence-corrected chi connectivity index (χ4v) is 3.84. The van der Waals surface area contributed by atoms with Crippen molar-refractivity contribution in [3.63, 3.8) is 0 Å². The monoisotopic (exact) mass is 389 g/mol. The van der Waals surface area contributed by atoms with Crippen LogP contribution in [0.15, 0.2) is 48.5 Å². The third-order valence-corrected chi connectivity index (χ3v) is 5.64. The highest BCUT2D eigenvalue weighted by atomic mass is 16.5. The Morgan fingerprint density at radius 1 is 0.931 bits per heavy atom. The normalized spacial score (nSPS) is 14.3. The number of carbonyl (C=O) groups excluding carboxylic acids is 1. The first-order valence-corrected chi connectivity index (χ1v) is 10.1. The van der Waals surface area contributed by atoms with Gasteiger partial charge in [0.2, 0.25) is 0 Å². The van der Waals surface area contributed by atoms with E-state index in [9.17, 15) is 4.79 Å². The molecule has 5 heteroatoms. The molecule has 2 heterocycles. The van der Waals surface area contributed by atoms with Crippen LogP contribution in [-0.2, 0) is 4.79 Å². The highest BCUT2D eigenvalue weighted by Crippen LogP contribution is 2.25. The largest absolute Gasteiger partial charge is 0.484 e. The Morgan fingerprint density at radius 2 is 1.66 bits per heavy atom. The van der Waals surface area contributed by atoms with E-state index in [-0.39, 0.29) is 12.5 Å². The minimum Gasteiger partial charge on any atom is -0.484 e. The summed E-state index contributed by atoms with van der Waals surface area (Å²) in [6.07, 6.45) is 0. The summed E-state index contributed by atoms with van der Waals surface area (Å²) in [5.74, 6) is 1.80. The van der Waals surface area contributed by atoms with E-state index in [0.29, 0.717) is 13.1 Å². The second-order valence-corrected chi connectivity index (χ2v) is 7.69. The number of piperazine rings is 1. The van der Waals surface area contributed by atoms with Crippen molar-refractivity contribution in [1.29, 1.82) is 0 Å². The van der Waals surface area contributed by atoms with Gasteiger partial charge in [0.1, 0.15) is 11.6 Å². The predicted molar refractivity (Wildman–Crippen MR) is 117 cm³/mol. The number of para-hydroxylation sites is 2. The molecule has 150 valence electrons. The summed E-state index contributed by atoms with van der Waals surface area (Å²) in [5.41, 5.74) is 4.53. The van der Waals surface area contributed by atoms with E-state index >= 15 is 0 Å². The summed E-state index contributed by atoms with van der Waals surface area (Å²) < 4.78 is 5.72. The molecule has 0 unspecified atom stereocenters. The molecule has 0 atom stereocenters. The Labute approximate surface area is 171 Å². The minimum atomic E-state index is 0.0337. The number of nitrogens with zero attached hydrogens (tertiary/aromatic N) is 3. The third-order valence-electron chi connectivity index (χ3n) is 5.64. The van der Waals surface area contributed by atoms with Gasteiger partial charge in [-0.3, -0.25) is 4.79 Å². The Kier molecular flexibility index (Phi) is 5.38. The number of benzene rings is 2. The van der Waals surface area contributed by atoms with E-state index < -0.39 is 0 Å². The molecule has 0 radical (unpaired) electrons. The van der Waals surface area contributed by atoms with Crippen LogP contribution in [0.5, 0.6) is 5.75 Å². The van der Waals surface area contributed by atoms with Crippen molar-refractivity contribution in [2.75, 3.05) is 37.7 Å². The molecule has 4 rings (SSSR count). The first kappa shape index (κ1) is 19.2. The topological polar surface area (TPSA) is 45.7 Å². The van der Waals surface area contributed by atoms with E-state index in [1.807, 2.05) is 36.1 Å². The zero-order chi connectivity index (χ0) is 20.4. The van der Waals surface area contributed by atoms with Crippen LogP contribution in [0.3, 0.4) is 0 Å². The van der Waals surface area contributed by atoms with Gasteiger partial charge in [0.25, 0.3) is 5.91 Å². The number of aromatic nitrogens is 1. The third kappa shape index (κ3) is 4.04. The summed E-state index contributed by atoms with van der Waals surface area (Å²) >= 11 is 0. The molecular weight excluding hydrogens is 362 g/mol. The highest BCUT2D eigenvalue weighted by molar-refractivity contribution is 5.86. The fraction of sp³-hybridized carbons (Fsp3) is 0.333. The quantitative estimate of drug-likeness (QED) is 0.679. The van der Waals surface area contributed by atoms with Gasteiger partial charge in [-0.25, -0.2) is 4.98 Å². The molecule has 3 aromatic rings. The second kappa shape index (κ2) is 8.11. The molecule has 1 aliphatic heterocycles. The number of aryl methyl sites for hydroxylation is 3. The molecule has 1 amide bonds. The number of fused-ring (bicyclic) bond motifs is 1. The number of carbonyl (C=O) groups is 1. The number of pyridine rings is 1. The molecule has 0 saturated carbocycles. The Hall–Kier alpha value is -3.08. The van der Waals surface area contributed by atoms with Crippen molar-refractivity contribution in [3.05, 3.63) is 65.2 Å². The Bertz CT molecular complexity index is 1040. The van der Waals surface area contributed by atoms with Crippen LogP contribution in [0, 0.1) is 20.8 Å². The zero-order valence-corrected chi connectivity index (χ0v) is 17.3. The predicted octanol–water partition coefficient (Wildman–Crippen LogP) is 3.89. The van der Waals surface area contributed by atoms with Crippen LogP contribution in [0.4, 0.5) is 5.82 Å². The van der Waals surface area contributed by atoms with E-state index in [0.717, 1.165) is 35.7 Å². The van der Waals surface area contributed by atoms with Crippen LogP contribution in [-0.4, -0.2) is 48.6 Å². The lowest BCUT2D eigenvalue weighted by Gasteiger charge is -2.35. The van der Waals surface area contributed by atoms with Gasteiger partial charge in [0.15, 0.2) is 6.61 Å². The van der Waals surface area contributed by atoms with Crippen LogP contribution < -0.4 is 9.64 Å². The zero-order valence-electron chi connectivity index (χ0n) is 17.3. The van der Waals surface area contributed by atoms with Gasteiger partial charge >= 0.3 is 0 Å². The van der Waals surface area contributed by atoms with Gasteiger partial charge in [-0.15, -0.1) is 0 Å². The van der Waals surface area contributed by atoms with Crippen LogP contribution in [0.2, 0.25) is 0 Å². The van der Waals surface area contributed by atoms with E-state index in [1.165, 1.54) is 16.5 Å². The maximum Gasteiger partial charge on any atom is 0.260 e. The van der Waals surface area contributed by atoms with Gasteiger partial charge < -0.3 is 14.5 Å². The molecule has 5 nitrogen and oxygen atoms in total. The molecular formula is C24H27N3O2. The van der Waals surface area contributed by atoms with Gasteiger partial charge in [0.05, 0.1) is 5.52 Å². The number of amides is 1. The summed E-state index contributed by atoms with van der Waals surface area (Å²) in [4.78, 5) is 21.6. The van der Waals surface area contributed by atoms with Crippen LogP contribution in [0.1, 0.15) is 16.7 Å². The van der Waals surface area contributed by atoms with Crippen molar-refractivity contribution in [3.8, 4) is 5.75 Å². The molecule has 29 heavy (non-hydrogen) atoms. The molecule has 2 aromatic carbocycles. The van der Waals surface area contributed by atoms with Crippen molar-refractivity contribution in [2.24, 2.45) is 0 Å². The van der Waals surface area contributed by atoms with Crippen LogP contribution in [0.25, 0.3) is 10.9 Å². The SMILES string of the molecule is Cc1ccccc1OCC(=O)N1CCN(c2cc(C)c3cccc(C)c3n2)CC1. The average Bonchev–Trinajstić information content (AvgIpc) is 2.74. The van der Waals surface area contributed by atoms with E-state index in [4.69, 9.17) is 9.72 Å². The molecule has 0 bridgehead atoms. The molecule has 1 aromatic heterocycles.